The highest BCUT2D eigenvalue weighted by Crippen LogP contribution is 2.25. The van der Waals surface area contributed by atoms with Gasteiger partial charge in [-0.3, -0.25) is 4.79 Å². The standard InChI is InChI=1S/C11H10FNO3S/c12-8-3-1-7(2-4-8)9(14)13-5-6-17-10(13)11(15)16/h1-4,10H,5-6H2,(H,15,16). The first-order chi connectivity index (χ1) is 8.09. The molecule has 1 aromatic carbocycles. The summed E-state index contributed by atoms with van der Waals surface area (Å²) in [6, 6.07) is 5.09. The third-order valence-electron chi connectivity index (χ3n) is 2.45. The maximum Gasteiger partial charge on any atom is 0.337 e. The summed E-state index contributed by atoms with van der Waals surface area (Å²) < 4.78 is 12.7. The van der Waals surface area contributed by atoms with Crippen molar-refractivity contribution in [3.8, 4) is 0 Å². The molecule has 1 N–H and O–H groups in total. The molecule has 1 atom stereocenters. The van der Waals surface area contributed by atoms with Crippen molar-refractivity contribution in [3.05, 3.63) is 35.6 Å². The van der Waals surface area contributed by atoms with E-state index >= 15 is 0 Å². The number of amides is 1. The molecule has 1 amide bonds. The number of hydrogen-bond acceptors (Lipinski definition) is 3. The topological polar surface area (TPSA) is 57.6 Å². The molecule has 0 radical (unpaired) electrons. The molecule has 0 aromatic heterocycles. The van der Waals surface area contributed by atoms with Gasteiger partial charge in [0.05, 0.1) is 0 Å². The molecule has 4 nitrogen and oxygen atoms in total. The van der Waals surface area contributed by atoms with Crippen LogP contribution in [0.25, 0.3) is 0 Å². The van der Waals surface area contributed by atoms with Crippen molar-refractivity contribution in [3.63, 3.8) is 0 Å². The van der Waals surface area contributed by atoms with Gasteiger partial charge in [-0.05, 0) is 24.3 Å². The van der Waals surface area contributed by atoms with Gasteiger partial charge in [0.2, 0.25) is 0 Å². The number of aliphatic carboxylic acids is 1. The Morgan fingerprint density at radius 3 is 2.59 bits per heavy atom. The predicted octanol–water partition coefficient (Wildman–Crippen LogP) is 1.43. The molecule has 0 aliphatic carbocycles. The van der Waals surface area contributed by atoms with E-state index < -0.39 is 17.2 Å². The quantitative estimate of drug-likeness (QED) is 0.868. The Morgan fingerprint density at radius 1 is 1.35 bits per heavy atom. The highest BCUT2D eigenvalue weighted by molar-refractivity contribution is 8.00. The molecule has 1 unspecified atom stereocenters. The van der Waals surface area contributed by atoms with Gasteiger partial charge in [0.25, 0.3) is 5.91 Å². The van der Waals surface area contributed by atoms with Crippen LogP contribution in [0.5, 0.6) is 0 Å². The van der Waals surface area contributed by atoms with E-state index in [2.05, 4.69) is 0 Å². The number of benzene rings is 1. The zero-order chi connectivity index (χ0) is 12.4. The molecular formula is C11H10FNO3S. The number of rotatable bonds is 2. The molecule has 0 saturated carbocycles. The van der Waals surface area contributed by atoms with Gasteiger partial charge in [-0.1, -0.05) is 0 Å². The van der Waals surface area contributed by atoms with Gasteiger partial charge in [0, 0.05) is 17.9 Å². The normalized spacial score (nSPS) is 19.4. The van der Waals surface area contributed by atoms with E-state index in [-0.39, 0.29) is 5.91 Å². The zero-order valence-electron chi connectivity index (χ0n) is 8.80. The minimum atomic E-state index is -1.03. The zero-order valence-corrected chi connectivity index (χ0v) is 9.61. The lowest BCUT2D eigenvalue weighted by molar-refractivity contribution is -0.138. The van der Waals surface area contributed by atoms with E-state index in [1.165, 1.54) is 40.9 Å². The second-order valence-corrected chi connectivity index (χ2v) is 4.75. The van der Waals surface area contributed by atoms with E-state index in [9.17, 15) is 14.0 Å². The average molecular weight is 255 g/mol. The summed E-state index contributed by atoms with van der Waals surface area (Å²) in [5, 5.41) is 8.11. The van der Waals surface area contributed by atoms with Crippen LogP contribution < -0.4 is 0 Å². The van der Waals surface area contributed by atoms with Crippen LogP contribution >= 0.6 is 11.8 Å². The van der Waals surface area contributed by atoms with Crippen LogP contribution in [0.1, 0.15) is 10.4 Å². The molecule has 0 spiro atoms. The predicted molar refractivity (Wildman–Crippen MR) is 61.3 cm³/mol. The molecule has 0 bridgehead atoms. The summed E-state index contributed by atoms with van der Waals surface area (Å²) in [5.41, 5.74) is 0.306. The van der Waals surface area contributed by atoms with Gasteiger partial charge in [-0.2, -0.15) is 0 Å². The van der Waals surface area contributed by atoms with Gasteiger partial charge in [-0.25, -0.2) is 9.18 Å². The first kappa shape index (κ1) is 11.9. The first-order valence-corrected chi connectivity index (χ1v) is 6.05. The number of nitrogens with zero attached hydrogens (tertiary/aromatic N) is 1. The van der Waals surface area contributed by atoms with Crippen LogP contribution in [0.3, 0.4) is 0 Å². The number of carbonyl (C=O) groups is 2. The van der Waals surface area contributed by atoms with Crippen molar-refractivity contribution in [1.29, 1.82) is 0 Å². The van der Waals surface area contributed by atoms with Gasteiger partial charge in [0.15, 0.2) is 5.37 Å². The third-order valence-corrected chi connectivity index (χ3v) is 3.64. The lowest BCUT2D eigenvalue weighted by Gasteiger charge is -2.20. The number of carboxylic acids is 1. The summed E-state index contributed by atoms with van der Waals surface area (Å²) in [6.45, 7) is 0.401. The Bertz CT molecular complexity index is 449. The molecule has 2 rings (SSSR count). The molecule has 1 fully saturated rings. The van der Waals surface area contributed by atoms with Crippen molar-refractivity contribution in [1.82, 2.24) is 4.90 Å². The molecular weight excluding hydrogens is 245 g/mol. The van der Waals surface area contributed by atoms with E-state index in [0.29, 0.717) is 17.9 Å². The van der Waals surface area contributed by atoms with Gasteiger partial charge < -0.3 is 10.0 Å². The molecule has 1 aromatic rings. The van der Waals surface area contributed by atoms with Crippen molar-refractivity contribution < 1.29 is 19.1 Å². The van der Waals surface area contributed by atoms with E-state index in [1.54, 1.807) is 0 Å². The fourth-order valence-electron chi connectivity index (χ4n) is 1.64. The van der Waals surface area contributed by atoms with Gasteiger partial charge in [0.1, 0.15) is 5.82 Å². The molecule has 1 aliphatic heterocycles. The first-order valence-electron chi connectivity index (χ1n) is 5.00. The van der Waals surface area contributed by atoms with Crippen molar-refractivity contribution in [2.24, 2.45) is 0 Å². The largest absolute Gasteiger partial charge is 0.479 e. The summed E-state index contributed by atoms with van der Waals surface area (Å²) in [6.07, 6.45) is 0. The molecule has 1 saturated heterocycles. The number of thioether (sulfide) groups is 1. The van der Waals surface area contributed by atoms with Crippen LogP contribution in [0.4, 0.5) is 4.39 Å². The number of halogens is 1. The van der Waals surface area contributed by atoms with Crippen LogP contribution in [-0.2, 0) is 4.79 Å². The summed E-state index contributed by atoms with van der Waals surface area (Å²) in [5.74, 6) is -1.22. The lowest BCUT2D eigenvalue weighted by atomic mass is 10.2. The van der Waals surface area contributed by atoms with Crippen LogP contribution in [-0.4, -0.2) is 39.6 Å². The molecule has 1 aliphatic rings. The second-order valence-electron chi connectivity index (χ2n) is 3.57. The lowest BCUT2D eigenvalue weighted by Crippen LogP contribution is -2.39. The van der Waals surface area contributed by atoms with Crippen LogP contribution in [0, 0.1) is 5.82 Å². The van der Waals surface area contributed by atoms with Crippen LogP contribution in [0.2, 0.25) is 0 Å². The number of hydrogen-bond donors (Lipinski definition) is 1. The SMILES string of the molecule is O=C(O)C1SCCN1C(=O)c1ccc(F)cc1. The Kier molecular flexibility index (Phi) is 3.33. The Balaban J connectivity index is 2.19. The molecule has 90 valence electrons. The smallest absolute Gasteiger partial charge is 0.337 e. The highest BCUT2D eigenvalue weighted by atomic mass is 32.2. The number of carbonyl (C=O) groups excluding carboxylic acids is 1. The minimum Gasteiger partial charge on any atom is -0.479 e. The minimum absolute atomic E-state index is 0.306. The maximum absolute atomic E-state index is 12.7. The fraction of sp³-hybridized carbons (Fsp3) is 0.273. The Morgan fingerprint density at radius 2 is 2.00 bits per heavy atom. The summed E-state index contributed by atoms with van der Waals surface area (Å²) in [7, 11) is 0. The average Bonchev–Trinajstić information content (AvgIpc) is 2.78. The summed E-state index contributed by atoms with van der Waals surface area (Å²) >= 11 is 1.22. The highest BCUT2D eigenvalue weighted by Gasteiger charge is 2.35. The van der Waals surface area contributed by atoms with Crippen LogP contribution in [0.15, 0.2) is 24.3 Å². The fourth-order valence-corrected chi connectivity index (χ4v) is 2.69. The molecule has 6 heteroatoms. The van der Waals surface area contributed by atoms with Gasteiger partial charge in [-0.15, -0.1) is 11.8 Å². The Labute approximate surface area is 101 Å². The maximum atomic E-state index is 12.7. The summed E-state index contributed by atoms with van der Waals surface area (Å²) in [4.78, 5) is 24.2. The Hall–Kier alpha value is -1.56. The van der Waals surface area contributed by atoms with Crippen molar-refractivity contribution >= 4 is 23.6 Å². The second kappa shape index (κ2) is 4.75. The number of carboxylic acid groups (broad SMARTS) is 1. The molecule has 1 heterocycles. The van der Waals surface area contributed by atoms with E-state index in [4.69, 9.17) is 5.11 Å². The monoisotopic (exact) mass is 255 g/mol. The third kappa shape index (κ3) is 2.41. The van der Waals surface area contributed by atoms with E-state index in [1.807, 2.05) is 0 Å². The van der Waals surface area contributed by atoms with Crippen molar-refractivity contribution in [2.75, 3.05) is 12.3 Å². The van der Waals surface area contributed by atoms with Gasteiger partial charge >= 0.3 is 5.97 Å². The molecule has 17 heavy (non-hydrogen) atoms. The van der Waals surface area contributed by atoms with E-state index in [0.717, 1.165) is 0 Å². The van der Waals surface area contributed by atoms with Crippen molar-refractivity contribution in [2.45, 2.75) is 5.37 Å².